The minimum atomic E-state index is -0.109. The molecule has 168 valence electrons. The van der Waals surface area contributed by atoms with Gasteiger partial charge in [0.05, 0.1) is 12.8 Å². The molecule has 2 heterocycles. The highest BCUT2D eigenvalue weighted by molar-refractivity contribution is 5.77. The number of carbonyl (C=O) groups excluding carboxylic acids is 1. The zero-order valence-corrected chi connectivity index (χ0v) is 18.7. The summed E-state index contributed by atoms with van der Waals surface area (Å²) < 4.78 is 12.8. The molecule has 1 aliphatic rings. The van der Waals surface area contributed by atoms with Gasteiger partial charge in [-0.2, -0.15) is 5.10 Å². The lowest BCUT2D eigenvalue weighted by atomic mass is 9.79. The number of carbonyl (C=O) groups is 1. The molecule has 1 fully saturated rings. The Bertz CT molecular complexity index is 1030. The van der Waals surface area contributed by atoms with Crippen molar-refractivity contribution in [3.63, 3.8) is 0 Å². The molecular weight excluding hydrogens is 404 g/mol. The molecule has 2 aromatic heterocycles. The first-order chi connectivity index (χ1) is 15.6. The lowest BCUT2D eigenvalue weighted by Crippen LogP contribution is -2.34. The Morgan fingerprint density at radius 1 is 1.09 bits per heavy atom. The maximum absolute atomic E-state index is 12.3. The van der Waals surface area contributed by atoms with Gasteiger partial charge in [-0.3, -0.25) is 14.5 Å². The number of hydrogen-bond acceptors (Lipinski definition) is 5. The van der Waals surface area contributed by atoms with Crippen LogP contribution in [-0.2, 0) is 11.8 Å². The molecule has 0 radical (unpaired) electrons. The normalized spacial score (nSPS) is 18.2. The van der Waals surface area contributed by atoms with Crippen molar-refractivity contribution in [3.05, 3.63) is 60.7 Å². The number of pyridine rings is 1. The number of benzene rings is 1. The summed E-state index contributed by atoms with van der Waals surface area (Å²) in [6.07, 6.45) is 10.0. The molecule has 0 saturated heterocycles. The minimum Gasteiger partial charge on any atom is -0.493 e. The van der Waals surface area contributed by atoms with Gasteiger partial charge in [0.15, 0.2) is 18.1 Å². The quantitative estimate of drug-likeness (QED) is 0.581. The van der Waals surface area contributed by atoms with Crippen LogP contribution < -0.4 is 14.8 Å². The molecule has 4 rings (SSSR count). The lowest BCUT2D eigenvalue weighted by Gasteiger charge is -2.28. The fourth-order valence-electron chi connectivity index (χ4n) is 4.39. The maximum Gasteiger partial charge on any atom is 0.257 e. The summed E-state index contributed by atoms with van der Waals surface area (Å²) in [5.41, 5.74) is 3.53. The molecular formula is C25H30N4O3. The van der Waals surface area contributed by atoms with E-state index < -0.39 is 0 Å². The number of ether oxygens (including phenoxy) is 2. The van der Waals surface area contributed by atoms with Crippen molar-refractivity contribution < 1.29 is 14.3 Å². The highest BCUT2D eigenvalue weighted by Crippen LogP contribution is 2.39. The topological polar surface area (TPSA) is 78.3 Å². The van der Waals surface area contributed by atoms with Gasteiger partial charge >= 0.3 is 0 Å². The zero-order valence-electron chi connectivity index (χ0n) is 18.7. The molecule has 1 N–H and O–H groups in total. The molecule has 3 aromatic rings. The number of hydrogen-bond donors (Lipinski definition) is 1. The average molecular weight is 435 g/mol. The molecule has 1 amide bonds. The fraction of sp³-hybridized carbons (Fsp3) is 0.400. The molecule has 0 bridgehead atoms. The van der Waals surface area contributed by atoms with Gasteiger partial charge in [-0.15, -0.1) is 0 Å². The van der Waals surface area contributed by atoms with E-state index in [1.807, 2.05) is 54.5 Å². The van der Waals surface area contributed by atoms with Crippen LogP contribution in [0, 0.1) is 5.92 Å². The predicted octanol–water partition coefficient (Wildman–Crippen LogP) is 3.96. The second-order valence-corrected chi connectivity index (χ2v) is 8.30. The molecule has 32 heavy (non-hydrogen) atoms. The van der Waals surface area contributed by atoms with Gasteiger partial charge in [0.25, 0.3) is 5.91 Å². The highest BCUT2D eigenvalue weighted by atomic mass is 16.5. The second-order valence-electron chi connectivity index (χ2n) is 8.30. The maximum atomic E-state index is 12.3. The summed E-state index contributed by atoms with van der Waals surface area (Å²) in [6.45, 7) is 0.666. The largest absolute Gasteiger partial charge is 0.493 e. The van der Waals surface area contributed by atoms with E-state index in [0.29, 0.717) is 29.9 Å². The number of aromatic nitrogens is 3. The smallest absolute Gasteiger partial charge is 0.257 e. The van der Waals surface area contributed by atoms with Crippen molar-refractivity contribution in [2.24, 2.45) is 13.0 Å². The Morgan fingerprint density at radius 2 is 1.81 bits per heavy atom. The molecule has 0 atom stereocenters. The number of aryl methyl sites for hydroxylation is 1. The molecule has 1 saturated carbocycles. The molecule has 0 unspecified atom stereocenters. The zero-order chi connectivity index (χ0) is 22.3. The van der Waals surface area contributed by atoms with Crippen molar-refractivity contribution in [1.82, 2.24) is 20.1 Å². The second kappa shape index (κ2) is 10.3. The van der Waals surface area contributed by atoms with E-state index in [0.717, 1.165) is 31.2 Å². The summed E-state index contributed by atoms with van der Waals surface area (Å²) in [6, 6.07) is 11.4. The van der Waals surface area contributed by atoms with Crippen molar-refractivity contribution in [3.8, 4) is 22.6 Å². The third-order valence-electron chi connectivity index (χ3n) is 6.10. The van der Waals surface area contributed by atoms with Crippen LogP contribution in [-0.4, -0.2) is 40.9 Å². The third kappa shape index (κ3) is 5.28. The highest BCUT2D eigenvalue weighted by Gasteiger charge is 2.27. The molecule has 0 spiro atoms. The van der Waals surface area contributed by atoms with Crippen molar-refractivity contribution in [1.29, 1.82) is 0 Å². The molecule has 0 aliphatic heterocycles. The molecule has 7 heteroatoms. The lowest BCUT2D eigenvalue weighted by molar-refractivity contribution is -0.123. The molecule has 1 aliphatic carbocycles. The number of amides is 1. The first-order valence-electron chi connectivity index (χ1n) is 11.1. The van der Waals surface area contributed by atoms with Gasteiger partial charge in [0, 0.05) is 43.7 Å². The number of para-hydroxylation sites is 2. The van der Waals surface area contributed by atoms with Gasteiger partial charge in [0.2, 0.25) is 0 Å². The standard InChI is InChI=1S/C25H30N4O3/c1-29-16-21(19-11-13-26-14-12-19)25(28-29)20-9-7-18(8-10-20)15-27-24(30)17-32-23-6-4-3-5-22(23)31-2/h3-6,11-14,16,18,20H,7-10,15,17H2,1-2H3,(H,27,30). The van der Waals surface area contributed by atoms with Gasteiger partial charge in [0.1, 0.15) is 0 Å². The summed E-state index contributed by atoms with van der Waals surface area (Å²) in [5.74, 6) is 2.02. The predicted molar refractivity (Wildman–Crippen MR) is 123 cm³/mol. The van der Waals surface area contributed by atoms with Crippen LogP contribution in [0.3, 0.4) is 0 Å². The van der Waals surface area contributed by atoms with Gasteiger partial charge < -0.3 is 14.8 Å². The summed E-state index contributed by atoms with van der Waals surface area (Å²) in [5, 5.41) is 7.80. The van der Waals surface area contributed by atoms with E-state index in [9.17, 15) is 4.79 Å². The first-order valence-corrected chi connectivity index (χ1v) is 11.1. The third-order valence-corrected chi connectivity index (χ3v) is 6.10. The Morgan fingerprint density at radius 3 is 2.53 bits per heavy atom. The van der Waals surface area contributed by atoms with E-state index in [1.54, 1.807) is 13.2 Å². The van der Waals surface area contributed by atoms with Crippen LogP contribution in [0.4, 0.5) is 0 Å². The molecule has 1 aromatic carbocycles. The summed E-state index contributed by atoms with van der Waals surface area (Å²) >= 11 is 0. The van der Waals surface area contributed by atoms with Gasteiger partial charge in [-0.1, -0.05) is 12.1 Å². The Hall–Kier alpha value is -3.35. The van der Waals surface area contributed by atoms with E-state index >= 15 is 0 Å². The van der Waals surface area contributed by atoms with Crippen LogP contribution in [0.1, 0.15) is 37.3 Å². The van der Waals surface area contributed by atoms with Crippen LogP contribution in [0.15, 0.2) is 55.0 Å². The van der Waals surface area contributed by atoms with Crippen molar-refractivity contribution in [2.45, 2.75) is 31.6 Å². The van der Waals surface area contributed by atoms with Crippen LogP contribution >= 0.6 is 0 Å². The number of nitrogens with zero attached hydrogens (tertiary/aromatic N) is 3. The molecule has 7 nitrogen and oxygen atoms in total. The van der Waals surface area contributed by atoms with Crippen LogP contribution in [0.25, 0.3) is 11.1 Å². The summed E-state index contributed by atoms with van der Waals surface area (Å²) in [7, 11) is 3.56. The van der Waals surface area contributed by atoms with E-state index in [2.05, 4.69) is 16.5 Å². The van der Waals surface area contributed by atoms with E-state index in [-0.39, 0.29) is 12.5 Å². The van der Waals surface area contributed by atoms with E-state index in [1.165, 1.54) is 11.3 Å². The SMILES string of the molecule is COc1ccccc1OCC(=O)NCC1CCC(c2nn(C)cc2-c2ccncc2)CC1. The fourth-order valence-corrected chi connectivity index (χ4v) is 4.39. The average Bonchev–Trinajstić information content (AvgIpc) is 3.24. The Labute approximate surface area is 188 Å². The van der Waals surface area contributed by atoms with Crippen molar-refractivity contribution in [2.75, 3.05) is 20.3 Å². The Kier molecular flexibility index (Phi) is 7.04. The van der Waals surface area contributed by atoms with Crippen LogP contribution in [0.5, 0.6) is 11.5 Å². The van der Waals surface area contributed by atoms with Crippen LogP contribution in [0.2, 0.25) is 0 Å². The number of methoxy groups -OCH3 is 1. The summed E-state index contributed by atoms with van der Waals surface area (Å²) in [4.78, 5) is 16.4. The van der Waals surface area contributed by atoms with Crippen molar-refractivity contribution >= 4 is 5.91 Å². The Balaban J connectivity index is 1.26. The van der Waals surface area contributed by atoms with Gasteiger partial charge in [-0.05, 0) is 61.4 Å². The minimum absolute atomic E-state index is 0.0149. The number of nitrogens with one attached hydrogen (secondary N) is 1. The number of rotatable bonds is 8. The van der Waals surface area contributed by atoms with Gasteiger partial charge in [-0.25, -0.2) is 0 Å². The van der Waals surface area contributed by atoms with E-state index in [4.69, 9.17) is 14.6 Å². The first kappa shape index (κ1) is 21.9. The monoisotopic (exact) mass is 434 g/mol.